The predicted octanol–water partition coefficient (Wildman–Crippen LogP) is 0.617. The van der Waals surface area contributed by atoms with Gasteiger partial charge in [-0.3, -0.25) is 4.79 Å². The summed E-state index contributed by atoms with van der Waals surface area (Å²) in [5, 5.41) is 0. The summed E-state index contributed by atoms with van der Waals surface area (Å²) in [6, 6.07) is 4.23. The van der Waals surface area contributed by atoms with Gasteiger partial charge in [-0.25, -0.2) is 0 Å². The molecule has 0 saturated heterocycles. The molecule has 0 radical (unpaired) electrons. The largest absolute Gasteiger partial charge is 0.416 e. The number of hydrogen-bond acceptors (Lipinski definition) is 3. The van der Waals surface area contributed by atoms with E-state index in [4.69, 9.17) is 16.1 Å². The molecule has 0 heterocycles. The molecule has 1 unspecified atom stereocenters. The van der Waals surface area contributed by atoms with Crippen LogP contribution in [0.15, 0.2) is 12.1 Å². The van der Waals surface area contributed by atoms with E-state index < -0.39 is 12.1 Å². The number of carbonyl (C=O) groups is 1. The third-order valence-corrected chi connectivity index (χ3v) is 3.10. The van der Waals surface area contributed by atoms with E-state index in [0.29, 0.717) is 0 Å². The number of primary amides is 1. The molecule has 4 N–H and O–H groups in total. The second-order valence-electron chi connectivity index (χ2n) is 4.78. The number of carbonyl (C=O) groups excluding carboxylic acids is 1. The summed E-state index contributed by atoms with van der Waals surface area (Å²) in [5.74, 6) is -0.452. The molecular weight excluding hydrogens is 227 g/mol. The number of aryl methyl sites for hydroxylation is 3. The molecule has 4 nitrogen and oxygen atoms in total. The van der Waals surface area contributed by atoms with Crippen LogP contribution >= 0.6 is 0 Å². The number of nitrogens with two attached hydrogens (primary N) is 2. The van der Waals surface area contributed by atoms with Gasteiger partial charge in [0.05, 0.1) is 12.6 Å². The second-order valence-corrected chi connectivity index (χ2v) is 4.78. The lowest BCUT2D eigenvalue weighted by Gasteiger charge is -2.19. The van der Waals surface area contributed by atoms with Crippen LogP contribution in [0, 0.1) is 20.8 Å². The van der Waals surface area contributed by atoms with Gasteiger partial charge < -0.3 is 16.1 Å². The SMILES string of the molecule is CB(OC(N)CC(N)=O)c1cc(C)c(C)cc1C. The van der Waals surface area contributed by atoms with Crippen molar-refractivity contribution in [3.63, 3.8) is 0 Å². The lowest BCUT2D eigenvalue weighted by molar-refractivity contribution is -0.119. The molecule has 1 atom stereocenters. The third kappa shape index (κ3) is 3.86. The molecule has 1 amide bonds. The minimum Gasteiger partial charge on any atom is -0.416 e. The maximum atomic E-state index is 10.8. The Morgan fingerprint density at radius 3 is 2.39 bits per heavy atom. The van der Waals surface area contributed by atoms with Crippen molar-refractivity contribution in [3.8, 4) is 0 Å². The molecule has 0 aliphatic rings. The Kier molecular flexibility index (Phi) is 4.93. The second kappa shape index (κ2) is 6.02. The molecule has 0 aromatic heterocycles. The van der Waals surface area contributed by atoms with Crippen molar-refractivity contribution in [1.29, 1.82) is 0 Å². The maximum Gasteiger partial charge on any atom is 0.325 e. The van der Waals surface area contributed by atoms with Gasteiger partial charge in [0, 0.05) is 0 Å². The number of amides is 1. The molecular formula is C13H21BN2O2. The lowest BCUT2D eigenvalue weighted by Crippen LogP contribution is -2.41. The van der Waals surface area contributed by atoms with Crippen LogP contribution in [0.5, 0.6) is 0 Å². The van der Waals surface area contributed by atoms with Gasteiger partial charge in [0.1, 0.15) is 0 Å². The van der Waals surface area contributed by atoms with Crippen LogP contribution in [0.2, 0.25) is 6.82 Å². The number of hydrogen-bond donors (Lipinski definition) is 2. The topological polar surface area (TPSA) is 78.3 Å². The minimum atomic E-state index is -0.654. The highest BCUT2D eigenvalue weighted by atomic mass is 16.5. The van der Waals surface area contributed by atoms with Gasteiger partial charge in [-0.2, -0.15) is 0 Å². The summed E-state index contributed by atoms with van der Waals surface area (Å²) in [6.07, 6.45) is -0.618. The fraction of sp³-hybridized carbons (Fsp3) is 0.462. The molecule has 98 valence electrons. The Hall–Kier alpha value is -1.33. The Bertz CT molecular complexity index is 449. The summed E-state index contributed by atoms with van der Waals surface area (Å²) >= 11 is 0. The van der Waals surface area contributed by atoms with Crippen molar-refractivity contribution in [3.05, 3.63) is 28.8 Å². The average Bonchev–Trinajstić information content (AvgIpc) is 2.21. The summed E-state index contributed by atoms with van der Waals surface area (Å²) in [7, 11) is 0. The highest BCUT2D eigenvalue weighted by molar-refractivity contribution is 6.66. The van der Waals surface area contributed by atoms with Crippen LogP contribution in [0.25, 0.3) is 0 Å². The van der Waals surface area contributed by atoms with Gasteiger partial charge in [0.2, 0.25) is 5.91 Å². The Morgan fingerprint density at radius 1 is 1.28 bits per heavy atom. The molecule has 18 heavy (non-hydrogen) atoms. The normalized spacial score (nSPS) is 12.3. The van der Waals surface area contributed by atoms with E-state index >= 15 is 0 Å². The van der Waals surface area contributed by atoms with Crippen LogP contribution in [-0.4, -0.2) is 19.1 Å². The van der Waals surface area contributed by atoms with Gasteiger partial charge >= 0.3 is 6.92 Å². The van der Waals surface area contributed by atoms with E-state index in [1.807, 2.05) is 13.7 Å². The quantitative estimate of drug-likeness (QED) is 0.592. The van der Waals surface area contributed by atoms with Crippen LogP contribution in [0.4, 0.5) is 0 Å². The van der Waals surface area contributed by atoms with Crippen molar-refractivity contribution < 1.29 is 9.45 Å². The Morgan fingerprint density at radius 2 is 1.83 bits per heavy atom. The number of rotatable bonds is 5. The summed E-state index contributed by atoms with van der Waals surface area (Å²) < 4.78 is 5.60. The Labute approximate surface area is 109 Å². The van der Waals surface area contributed by atoms with E-state index in [9.17, 15) is 4.79 Å². The summed E-state index contributed by atoms with van der Waals surface area (Å²) in [5.41, 5.74) is 15.5. The molecule has 5 heteroatoms. The molecule has 0 bridgehead atoms. The maximum absolute atomic E-state index is 10.8. The monoisotopic (exact) mass is 248 g/mol. The first-order chi connectivity index (χ1) is 8.31. The first kappa shape index (κ1) is 14.7. The molecule has 0 fully saturated rings. The van der Waals surface area contributed by atoms with Crippen molar-refractivity contribution in [1.82, 2.24) is 0 Å². The van der Waals surface area contributed by atoms with E-state index in [-0.39, 0.29) is 13.3 Å². The van der Waals surface area contributed by atoms with Crippen LogP contribution < -0.4 is 16.9 Å². The van der Waals surface area contributed by atoms with Crippen LogP contribution in [-0.2, 0) is 9.45 Å². The van der Waals surface area contributed by atoms with Crippen molar-refractivity contribution in [2.24, 2.45) is 11.5 Å². The van der Waals surface area contributed by atoms with Crippen molar-refractivity contribution >= 4 is 18.3 Å². The molecule has 0 saturated carbocycles. The zero-order valence-corrected chi connectivity index (χ0v) is 11.5. The first-order valence-electron chi connectivity index (χ1n) is 6.08. The van der Waals surface area contributed by atoms with Crippen molar-refractivity contribution in [2.75, 3.05) is 0 Å². The highest BCUT2D eigenvalue weighted by Gasteiger charge is 2.19. The van der Waals surface area contributed by atoms with E-state index in [0.717, 1.165) is 11.0 Å². The third-order valence-electron chi connectivity index (χ3n) is 3.10. The fourth-order valence-corrected chi connectivity index (χ4v) is 2.00. The minimum absolute atomic E-state index is 0.0359. The van der Waals surface area contributed by atoms with Gasteiger partial charge in [-0.05, 0) is 37.4 Å². The van der Waals surface area contributed by atoms with E-state index in [2.05, 4.69) is 26.0 Å². The first-order valence-corrected chi connectivity index (χ1v) is 6.08. The smallest absolute Gasteiger partial charge is 0.325 e. The molecule has 1 aromatic rings. The van der Waals surface area contributed by atoms with Gasteiger partial charge in [-0.15, -0.1) is 0 Å². The van der Waals surface area contributed by atoms with Crippen LogP contribution in [0.1, 0.15) is 23.1 Å². The van der Waals surface area contributed by atoms with Gasteiger partial charge in [0.25, 0.3) is 0 Å². The molecule has 0 aliphatic carbocycles. The Balaban J connectivity index is 2.81. The predicted molar refractivity (Wildman–Crippen MR) is 74.8 cm³/mol. The zero-order valence-electron chi connectivity index (χ0n) is 11.5. The highest BCUT2D eigenvalue weighted by Crippen LogP contribution is 2.09. The standard InChI is InChI=1S/C13H21BN2O2/c1-8-5-10(3)11(6-9(8)2)14(4)18-13(16)7-12(15)17/h5-6,13H,7,16H2,1-4H3,(H2,15,17). The fourth-order valence-electron chi connectivity index (χ4n) is 2.00. The molecule has 1 rings (SSSR count). The van der Waals surface area contributed by atoms with Gasteiger partial charge in [-0.1, -0.05) is 24.5 Å². The molecule has 1 aromatic carbocycles. The molecule has 0 spiro atoms. The number of benzene rings is 1. The zero-order chi connectivity index (χ0) is 13.9. The van der Waals surface area contributed by atoms with E-state index in [1.165, 1.54) is 11.1 Å². The lowest BCUT2D eigenvalue weighted by atomic mass is 9.61. The van der Waals surface area contributed by atoms with Gasteiger partial charge in [0.15, 0.2) is 0 Å². The van der Waals surface area contributed by atoms with Crippen LogP contribution in [0.3, 0.4) is 0 Å². The van der Waals surface area contributed by atoms with Crippen molar-refractivity contribution in [2.45, 2.75) is 40.2 Å². The van der Waals surface area contributed by atoms with E-state index in [1.54, 1.807) is 0 Å². The average molecular weight is 248 g/mol. The molecule has 0 aliphatic heterocycles. The summed E-state index contributed by atoms with van der Waals surface area (Å²) in [6.45, 7) is 7.96. The summed E-state index contributed by atoms with van der Waals surface area (Å²) in [4.78, 5) is 10.8.